The standard InChI is InChI=1S/C22H19FN4O2/c1-15-4-6-16(7-5-15)13-25-20(28)14-26-19-3-2-12-24-21(19)27(22(26)29)18-10-8-17(23)9-11-18/h2-12H,13-14H2,1H3,(H,25,28). The van der Waals surface area contributed by atoms with Crippen LogP contribution in [0.3, 0.4) is 0 Å². The SMILES string of the molecule is Cc1ccc(CNC(=O)Cn2c(=O)n(-c3ccc(F)cc3)c3ncccc32)cc1. The van der Waals surface area contributed by atoms with Gasteiger partial charge in [-0.15, -0.1) is 0 Å². The first-order chi connectivity index (χ1) is 14.0. The summed E-state index contributed by atoms with van der Waals surface area (Å²) in [7, 11) is 0. The highest BCUT2D eigenvalue weighted by molar-refractivity contribution is 5.80. The average molecular weight is 390 g/mol. The molecular formula is C22H19FN4O2. The maximum atomic E-state index is 13.3. The molecule has 0 aliphatic rings. The van der Waals surface area contributed by atoms with Gasteiger partial charge in [0.15, 0.2) is 5.65 Å². The van der Waals surface area contributed by atoms with Gasteiger partial charge in [-0.1, -0.05) is 29.8 Å². The number of aryl methyl sites for hydroxylation is 1. The molecule has 6 nitrogen and oxygen atoms in total. The summed E-state index contributed by atoms with van der Waals surface area (Å²) in [4.78, 5) is 29.8. The molecule has 4 aromatic rings. The van der Waals surface area contributed by atoms with Crippen LogP contribution in [0.15, 0.2) is 71.7 Å². The molecule has 146 valence electrons. The minimum atomic E-state index is -0.407. The zero-order valence-electron chi connectivity index (χ0n) is 15.8. The Labute approximate surface area is 166 Å². The van der Waals surface area contributed by atoms with Crippen molar-refractivity contribution in [3.63, 3.8) is 0 Å². The minimum absolute atomic E-state index is 0.138. The molecular weight excluding hydrogens is 371 g/mol. The largest absolute Gasteiger partial charge is 0.350 e. The Hall–Kier alpha value is -3.74. The lowest BCUT2D eigenvalue weighted by molar-refractivity contribution is -0.121. The molecule has 29 heavy (non-hydrogen) atoms. The van der Waals surface area contributed by atoms with Crippen LogP contribution in [0, 0.1) is 12.7 Å². The normalized spacial score (nSPS) is 11.0. The Morgan fingerprint density at radius 3 is 2.52 bits per heavy atom. The van der Waals surface area contributed by atoms with Crippen LogP contribution in [0.2, 0.25) is 0 Å². The highest BCUT2D eigenvalue weighted by Crippen LogP contribution is 2.16. The third kappa shape index (κ3) is 3.80. The highest BCUT2D eigenvalue weighted by Gasteiger charge is 2.17. The van der Waals surface area contributed by atoms with Gasteiger partial charge < -0.3 is 5.32 Å². The monoisotopic (exact) mass is 390 g/mol. The van der Waals surface area contributed by atoms with E-state index in [1.165, 1.54) is 33.4 Å². The predicted molar refractivity (Wildman–Crippen MR) is 108 cm³/mol. The molecule has 0 saturated carbocycles. The van der Waals surface area contributed by atoms with Crippen molar-refractivity contribution in [2.45, 2.75) is 20.0 Å². The van der Waals surface area contributed by atoms with Crippen LogP contribution in [0.5, 0.6) is 0 Å². The number of carbonyl (C=O) groups is 1. The molecule has 2 heterocycles. The molecule has 4 rings (SSSR count). The third-order valence-electron chi connectivity index (χ3n) is 4.69. The van der Waals surface area contributed by atoms with E-state index in [4.69, 9.17) is 0 Å². The molecule has 0 unspecified atom stereocenters. The number of pyridine rings is 1. The van der Waals surface area contributed by atoms with E-state index < -0.39 is 11.5 Å². The average Bonchev–Trinajstić information content (AvgIpc) is 3.00. The van der Waals surface area contributed by atoms with Crippen molar-refractivity contribution in [3.8, 4) is 5.69 Å². The number of imidazole rings is 1. The van der Waals surface area contributed by atoms with E-state index in [-0.39, 0.29) is 12.5 Å². The van der Waals surface area contributed by atoms with E-state index in [0.717, 1.165) is 11.1 Å². The van der Waals surface area contributed by atoms with E-state index in [1.54, 1.807) is 18.3 Å². The third-order valence-corrected chi connectivity index (χ3v) is 4.69. The van der Waals surface area contributed by atoms with Gasteiger partial charge in [0.25, 0.3) is 0 Å². The second-order valence-corrected chi connectivity index (χ2v) is 6.79. The number of nitrogens with one attached hydrogen (secondary N) is 1. The first kappa shape index (κ1) is 18.6. The molecule has 0 bridgehead atoms. The maximum absolute atomic E-state index is 13.3. The number of hydrogen-bond donors (Lipinski definition) is 1. The molecule has 0 saturated heterocycles. The summed E-state index contributed by atoms with van der Waals surface area (Å²) < 4.78 is 16.0. The van der Waals surface area contributed by atoms with Crippen LogP contribution in [0.25, 0.3) is 16.9 Å². The molecule has 1 N–H and O–H groups in total. The van der Waals surface area contributed by atoms with Crippen molar-refractivity contribution in [2.75, 3.05) is 0 Å². The van der Waals surface area contributed by atoms with Gasteiger partial charge in [-0.2, -0.15) is 0 Å². The first-order valence-electron chi connectivity index (χ1n) is 9.17. The second-order valence-electron chi connectivity index (χ2n) is 6.79. The molecule has 0 aliphatic carbocycles. The Balaban J connectivity index is 1.63. The number of aromatic nitrogens is 3. The van der Waals surface area contributed by atoms with Gasteiger partial charge >= 0.3 is 5.69 Å². The summed E-state index contributed by atoms with van der Waals surface area (Å²) in [5, 5.41) is 2.84. The summed E-state index contributed by atoms with van der Waals surface area (Å²) in [6.45, 7) is 2.24. The number of rotatable bonds is 5. The smallest absolute Gasteiger partial charge is 0.335 e. The van der Waals surface area contributed by atoms with Gasteiger partial charge in [0, 0.05) is 12.7 Å². The molecule has 1 amide bonds. The first-order valence-corrected chi connectivity index (χ1v) is 9.17. The highest BCUT2D eigenvalue weighted by atomic mass is 19.1. The van der Waals surface area contributed by atoms with E-state index in [2.05, 4.69) is 10.3 Å². The van der Waals surface area contributed by atoms with Gasteiger partial charge in [0.05, 0.1) is 11.2 Å². The molecule has 0 radical (unpaired) electrons. The van der Waals surface area contributed by atoms with Crippen molar-refractivity contribution in [1.29, 1.82) is 0 Å². The van der Waals surface area contributed by atoms with Crippen molar-refractivity contribution in [3.05, 3.63) is 94.3 Å². The van der Waals surface area contributed by atoms with E-state index in [9.17, 15) is 14.0 Å². The summed E-state index contributed by atoms with van der Waals surface area (Å²) in [5.41, 5.74) is 3.15. The molecule has 7 heteroatoms. The maximum Gasteiger partial charge on any atom is 0.335 e. The van der Waals surface area contributed by atoms with Crippen LogP contribution in [0.4, 0.5) is 4.39 Å². The van der Waals surface area contributed by atoms with Crippen molar-refractivity contribution < 1.29 is 9.18 Å². The number of benzene rings is 2. The number of carbonyl (C=O) groups excluding carboxylic acids is 1. The second kappa shape index (κ2) is 7.71. The molecule has 0 spiro atoms. The minimum Gasteiger partial charge on any atom is -0.350 e. The lowest BCUT2D eigenvalue weighted by Gasteiger charge is -2.07. The van der Waals surface area contributed by atoms with Gasteiger partial charge in [-0.25, -0.2) is 18.7 Å². The Morgan fingerprint density at radius 1 is 1.07 bits per heavy atom. The number of halogens is 1. The Morgan fingerprint density at radius 2 is 1.79 bits per heavy atom. The summed E-state index contributed by atoms with van der Waals surface area (Å²) in [6.07, 6.45) is 1.57. The van der Waals surface area contributed by atoms with Gasteiger partial charge in [-0.05, 0) is 48.9 Å². The molecule has 0 aliphatic heterocycles. The quantitative estimate of drug-likeness (QED) is 0.570. The lowest BCUT2D eigenvalue weighted by atomic mass is 10.1. The Kier molecular flexibility index (Phi) is 4.95. The van der Waals surface area contributed by atoms with E-state index in [0.29, 0.717) is 23.4 Å². The van der Waals surface area contributed by atoms with Crippen LogP contribution >= 0.6 is 0 Å². The summed E-state index contributed by atoms with van der Waals surface area (Å²) in [5.74, 6) is -0.677. The van der Waals surface area contributed by atoms with Gasteiger partial charge in [0.2, 0.25) is 5.91 Å². The molecule has 2 aromatic carbocycles. The zero-order valence-corrected chi connectivity index (χ0v) is 15.8. The summed E-state index contributed by atoms with van der Waals surface area (Å²) >= 11 is 0. The van der Waals surface area contributed by atoms with Crippen LogP contribution in [-0.4, -0.2) is 20.0 Å². The van der Waals surface area contributed by atoms with Gasteiger partial charge in [-0.3, -0.25) is 9.36 Å². The number of nitrogens with zero attached hydrogens (tertiary/aromatic N) is 3. The van der Waals surface area contributed by atoms with Crippen LogP contribution in [-0.2, 0) is 17.9 Å². The lowest BCUT2D eigenvalue weighted by Crippen LogP contribution is -2.32. The number of fused-ring (bicyclic) bond motifs is 1. The summed E-state index contributed by atoms with van der Waals surface area (Å²) in [6, 6.07) is 16.9. The van der Waals surface area contributed by atoms with E-state index >= 15 is 0 Å². The van der Waals surface area contributed by atoms with E-state index in [1.807, 2.05) is 31.2 Å². The van der Waals surface area contributed by atoms with Crippen molar-refractivity contribution >= 4 is 17.1 Å². The van der Waals surface area contributed by atoms with Crippen LogP contribution in [0.1, 0.15) is 11.1 Å². The van der Waals surface area contributed by atoms with Gasteiger partial charge in [0.1, 0.15) is 12.4 Å². The fourth-order valence-corrected chi connectivity index (χ4v) is 3.17. The number of amides is 1. The fraction of sp³-hybridized carbons (Fsp3) is 0.136. The molecule has 0 fully saturated rings. The number of hydrogen-bond acceptors (Lipinski definition) is 3. The van der Waals surface area contributed by atoms with Crippen molar-refractivity contribution in [1.82, 2.24) is 19.4 Å². The fourth-order valence-electron chi connectivity index (χ4n) is 3.17. The zero-order chi connectivity index (χ0) is 20.4. The van der Waals surface area contributed by atoms with Crippen molar-refractivity contribution in [2.24, 2.45) is 0 Å². The Bertz CT molecular complexity index is 1220. The molecule has 2 aromatic heterocycles. The topological polar surface area (TPSA) is 68.9 Å². The van der Waals surface area contributed by atoms with Crippen LogP contribution < -0.4 is 11.0 Å². The molecule has 0 atom stereocenters. The predicted octanol–water partition coefficient (Wildman–Crippen LogP) is 2.95.